The van der Waals surface area contributed by atoms with Crippen LogP contribution in [0, 0.1) is 0 Å². The van der Waals surface area contributed by atoms with Gasteiger partial charge in [-0.1, -0.05) is 0 Å². The van der Waals surface area contributed by atoms with Gasteiger partial charge in [0.25, 0.3) is 5.56 Å². The molecule has 0 bridgehead atoms. The molecule has 0 aromatic carbocycles. The molecule has 1 aromatic rings. The molecule has 0 aliphatic carbocycles. The van der Waals surface area contributed by atoms with E-state index in [4.69, 9.17) is 4.74 Å². The highest BCUT2D eigenvalue weighted by molar-refractivity contribution is 5.46. The molecule has 0 aliphatic rings. The van der Waals surface area contributed by atoms with Gasteiger partial charge in [0, 0.05) is 12.3 Å². The number of aromatic amines is 2. The minimum Gasteiger partial charge on any atom is -0.496 e. The Kier molecular flexibility index (Phi) is 3.88. The van der Waals surface area contributed by atoms with E-state index >= 15 is 0 Å². The summed E-state index contributed by atoms with van der Waals surface area (Å²) in [5.74, 6) is 1.54. The molecule has 0 amide bonds. The van der Waals surface area contributed by atoms with E-state index in [0.717, 1.165) is 6.08 Å². The highest BCUT2D eigenvalue weighted by Crippen LogP contribution is 1.89. The number of hydrogen-bond donors (Lipinski definition) is 2. The van der Waals surface area contributed by atoms with Crippen molar-refractivity contribution in [1.29, 1.82) is 0 Å². The van der Waals surface area contributed by atoms with Gasteiger partial charge in [-0.25, -0.2) is 9.59 Å². The van der Waals surface area contributed by atoms with Crippen LogP contribution in [-0.2, 0) is 9.53 Å². The van der Waals surface area contributed by atoms with Crippen LogP contribution in [0.1, 0.15) is 5.56 Å². The zero-order valence-electron chi connectivity index (χ0n) is 7.65. The van der Waals surface area contributed by atoms with Crippen molar-refractivity contribution >= 4 is 12.0 Å². The standard InChI is InChI=1S/C9H8N2O4/c12-3-1-4-15-5-2-7-6-10-9(14)11-8(7)13/h1-2,5-6H,4H2,(H2,10,11,13,14). The molecule has 1 rings (SSSR count). The number of ether oxygens (including phenoxy) is 1. The number of H-pyrrole nitrogens is 2. The number of hydrogen-bond acceptors (Lipinski definition) is 4. The first-order valence-electron chi connectivity index (χ1n) is 4.03. The van der Waals surface area contributed by atoms with Crippen LogP contribution in [0.15, 0.2) is 28.1 Å². The second-order valence-electron chi connectivity index (χ2n) is 2.49. The van der Waals surface area contributed by atoms with Gasteiger partial charge in [0.15, 0.2) is 0 Å². The Morgan fingerprint density at radius 3 is 2.93 bits per heavy atom. The lowest BCUT2D eigenvalue weighted by molar-refractivity contribution is 0.293. The van der Waals surface area contributed by atoms with E-state index in [-0.39, 0.29) is 12.2 Å². The number of aromatic nitrogens is 2. The quantitative estimate of drug-likeness (QED) is 0.394. The van der Waals surface area contributed by atoms with Crippen LogP contribution in [-0.4, -0.2) is 22.5 Å². The van der Waals surface area contributed by atoms with Crippen LogP contribution in [0.2, 0.25) is 0 Å². The molecule has 0 saturated heterocycles. The molecule has 2 N–H and O–H groups in total. The van der Waals surface area contributed by atoms with Crippen LogP contribution in [0.3, 0.4) is 0 Å². The maximum Gasteiger partial charge on any atom is 0.325 e. The first-order chi connectivity index (χ1) is 7.24. The lowest BCUT2D eigenvalue weighted by atomic mass is 10.3. The summed E-state index contributed by atoms with van der Waals surface area (Å²) in [6, 6.07) is 0. The number of nitrogens with one attached hydrogen (secondary N) is 2. The van der Waals surface area contributed by atoms with Crippen molar-refractivity contribution < 1.29 is 9.53 Å². The second kappa shape index (κ2) is 5.41. The van der Waals surface area contributed by atoms with Gasteiger partial charge in [0.05, 0.1) is 11.8 Å². The molecule has 0 unspecified atom stereocenters. The summed E-state index contributed by atoms with van der Waals surface area (Å²) in [7, 11) is 0. The Bertz CT molecular complexity index is 505. The predicted molar refractivity (Wildman–Crippen MR) is 52.9 cm³/mol. The Hall–Kier alpha value is -2.33. The minimum atomic E-state index is -0.568. The maximum absolute atomic E-state index is 11.1. The SMILES string of the molecule is O=C=CCOC=Cc1c[nH]c(=O)[nH]c1=O. The van der Waals surface area contributed by atoms with Crippen molar-refractivity contribution in [1.82, 2.24) is 9.97 Å². The molecular formula is C9H8N2O4. The summed E-state index contributed by atoms with van der Waals surface area (Å²) in [4.78, 5) is 35.9. The van der Waals surface area contributed by atoms with Crippen molar-refractivity contribution in [2.45, 2.75) is 0 Å². The second-order valence-corrected chi connectivity index (χ2v) is 2.49. The first-order valence-corrected chi connectivity index (χ1v) is 4.03. The lowest BCUT2D eigenvalue weighted by Gasteiger charge is -1.92. The van der Waals surface area contributed by atoms with E-state index in [1.165, 1.54) is 24.5 Å². The molecule has 78 valence electrons. The molecular weight excluding hydrogens is 200 g/mol. The van der Waals surface area contributed by atoms with E-state index in [0.29, 0.717) is 0 Å². The van der Waals surface area contributed by atoms with E-state index < -0.39 is 11.2 Å². The highest BCUT2D eigenvalue weighted by atomic mass is 16.5. The normalized spacial score (nSPS) is 9.87. The van der Waals surface area contributed by atoms with Crippen LogP contribution >= 0.6 is 0 Å². The summed E-state index contributed by atoms with van der Waals surface area (Å²) in [5.41, 5.74) is -0.823. The Balaban J connectivity index is 2.68. The van der Waals surface area contributed by atoms with Crippen molar-refractivity contribution in [3.05, 3.63) is 44.9 Å². The van der Waals surface area contributed by atoms with Gasteiger partial charge in [0.2, 0.25) is 0 Å². The van der Waals surface area contributed by atoms with Crippen LogP contribution in [0.25, 0.3) is 6.08 Å². The van der Waals surface area contributed by atoms with Crippen molar-refractivity contribution in [3.63, 3.8) is 0 Å². The maximum atomic E-state index is 11.1. The molecule has 6 heteroatoms. The fourth-order valence-corrected chi connectivity index (χ4v) is 0.803. The fourth-order valence-electron chi connectivity index (χ4n) is 0.803. The van der Waals surface area contributed by atoms with Gasteiger partial charge in [-0.2, -0.15) is 0 Å². The molecule has 1 aromatic heterocycles. The van der Waals surface area contributed by atoms with Gasteiger partial charge >= 0.3 is 5.69 Å². The molecule has 0 atom stereocenters. The predicted octanol–water partition coefficient (Wildman–Crippen LogP) is -0.562. The number of rotatable bonds is 4. The molecule has 0 fully saturated rings. The average molecular weight is 208 g/mol. The van der Waals surface area contributed by atoms with E-state index in [9.17, 15) is 14.4 Å². The monoisotopic (exact) mass is 208 g/mol. The fraction of sp³-hybridized carbons (Fsp3) is 0.111. The van der Waals surface area contributed by atoms with Crippen molar-refractivity contribution in [3.8, 4) is 0 Å². The molecule has 0 aliphatic heterocycles. The molecule has 6 nitrogen and oxygen atoms in total. The van der Waals surface area contributed by atoms with E-state index in [1.807, 2.05) is 4.98 Å². The molecule has 0 saturated carbocycles. The first kappa shape index (κ1) is 10.7. The smallest absolute Gasteiger partial charge is 0.325 e. The van der Waals surface area contributed by atoms with Crippen LogP contribution < -0.4 is 11.2 Å². The topological polar surface area (TPSA) is 92.0 Å². The number of carbonyl (C=O) groups excluding carboxylic acids is 1. The molecule has 0 spiro atoms. The molecule has 15 heavy (non-hydrogen) atoms. The van der Waals surface area contributed by atoms with Crippen LogP contribution in [0.4, 0.5) is 0 Å². The summed E-state index contributed by atoms with van der Waals surface area (Å²) < 4.78 is 4.82. The molecule has 1 heterocycles. The summed E-state index contributed by atoms with van der Waals surface area (Å²) in [6.45, 7) is 0.0846. The summed E-state index contributed by atoms with van der Waals surface area (Å²) >= 11 is 0. The van der Waals surface area contributed by atoms with E-state index in [2.05, 4.69) is 4.98 Å². The van der Waals surface area contributed by atoms with Gasteiger partial charge in [0.1, 0.15) is 12.5 Å². The van der Waals surface area contributed by atoms with Crippen LogP contribution in [0.5, 0.6) is 0 Å². The third kappa shape index (κ3) is 3.50. The zero-order chi connectivity index (χ0) is 11.1. The van der Waals surface area contributed by atoms with Crippen molar-refractivity contribution in [2.24, 2.45) is 0 Å². The van der Waals surface area contributed by atoms with E-state index in [1.54, 1.807) is 0 Å². The van der Waals surface area contributed by atoms with Gasteiger partial charge in [-0.3, -0.25) is 9.78 Å². The van der Waals surface area contributed by atoms with Crippen molar-refractivity contribution in [2.75, 3.05) is 6.61 Å². The minimum absolute atomic E-state index is 0.0846. The third-order valence-corrected chi connectivity index (χ3v) is 1.45. The third-order valence-electron chi connectivity index (χ3n) is 1.45. The average Bonchev–Trinajstić information content (AvgIpc) is 2.20. The van der Waals surface area contributed by atoms with Gasteiger partial charge in [-0.15, -0.1) is 0 Å². The highest BCUT2D eigenvalue weighted by Gasteiger charge is 1.93. The lowest BCUT2D eigenvalue weighted by Crippen LogP contribution is -2.22. The summed E-state index contributed by atoms with van der Waals surface area (Å²) in [5, 5.41) is 0. The van der Waals surface area contributed by atoms with Gasteiger partial charge < -0.3 is 9.72 Å². The Morgan fingerprint density at radius 2 is 2.27 bits per heavy atom. The Labute approximate surface area is 83.9 Å². The molecule has 0 radical (unpaired) electrons. The zero-order valence-corrected chi connectivity index (χ0v) is 7.65. The van der Waals surface area contributed by atoms with Gasteiger partial charge in [-0.05, 0) is 6.08 Å². The Morgan fingerprint density at radius 1 is 1.47 bits per heavy atom. The summed E-state index contributed by atoms with van der Waals surface area (Å²) in [6.07, 6.45) is 5.03. The largest absolute Gasteiger partial charge is 0.496 e.